The third-order valence-electron chi connectivity index (χ3n) is 3.15. The van der Waals surface area contributed by atoms with Crippen molar-refractivity contribution in [3.8, 4) is 0 Å². The molecule has 1 unspecified atom stereocenters. The van der Waals surface area contributed by atoms with E-state index in [2.05, 4.69) is 5.32 Å². The van der Waals surface area contributed by atoms with E-state index in [1.165, 1.54) is 0 Å². The summed E-state index contributed by atoms with van der Waals surface area (Å²) in [4.78, 5) is 26.2. The highest BCUT2D eigenvalue weighted by atomic mass is 16.2. The fourth-order valence-electron chi connectivity index (χ4n) is 2.23. The molecule has 0 radical (unpaired) electrons. The molecule has 0 aromatic carbocycles. The van der Waals surface area contributed by atoms with E-state index >= 15 is 0 Å². The van der Waals surface area contributed by atoms with Crippen molar-refractivity contribution < 1.29 is 9.59 Å². The van der Waals surface area contributed by atoms with Crippen molar-refractivity contribution in [3.05, 3.63) is 0 Å². The Balaban J connectivity index is 1.87. The van der Waals surface area contributed by atoms with Gasteiger partial charge >= 0.3 is 0 Å². The lowest BCUT2D eigenvalue weighted by atomic mass is 10.1. The summed E-state index contributed by atoms with van der Waals surface area (Å²) in [5, 5.41) is 3.22. The van der Waals surface area contributed by atoms with Crippen LogP contribution in [0.3, 0.4) is 0 Å². The molecule has 0 aromatic heterocycles. The van der Waals surface area contributed by atoms with Gasteiger partial charge in [0.25, 0.3) is 0 Å². The molecule has 0 saturated carbocycles. The molecule has 0 aromatic rings. The minimum Gasteiger partial charge on any atom is -0.344 e. The highest BCUT2D eigenvalue weighted by Crippen LogP contribution is 2.17. The van der Waals surface area contributed by atoms with Gasteiger partial charge in [0, 0.05) is 39.3 Å². The molecule has 5 heteroatoms. The van der Waals surface area contributed by atoms with Crippen molar-refractivity contribution in [1.29, 1.82) is 0 Å². The number of hydrogen-bond acceptors (Lipinski definition) is 3. The first-order valence-electron chi connectivity index (χ1n) is 5.50. The summed E-state index contributed by atoms with van der Waals surface area (Å²) in [6.45, 7) is 4.71. The number of nitrogens with one attached hydrogen (secondary N) is 1. The molecule has 2 fully saturated rings. The first-order chi connectivity index (χ1) is 7.31. The molecule has 0 spiro atoms. The third kappa shape index (κ3) is 2.28. The highest BCUT2D eigenvalue weighted by molar-refractivity contribution is 5.80. The highest BCUT2D eigenvalue weighted by Gasteiger charge is 2.31. The molecule has 2 aliphatic rings. The number of nitrogens with zero attached hydrogens (tertiary/aromatic N) is 2. The van der Waals surface area contributed by atoms with Gasteiger partial charge in [0.1, 0.15) is 0 Å². The summed E-state index contributed by atoms with van der Waals surface area (Å²) in [6.07, 6.45) is 1.66. The van der Waals surface area contributed by atoms with E-state index in [9.17, 15) is 9.59 Å². The lowest BCUT2D eigenvalue weighted by Crippen LogP contribution is -2.48. The quantitative estimate of drug-likeness (QED) is 0.590. The minimum atomic E-state index is 0.0355. The molecule has 2 heterocycles. The van der Waals surface area contributed by atoms with Gasteiger partial charge < -0.3 is 15.1 Å². The number of carbonyl (C=O) groups excluding carboxylic acids is 2. The number of amides is 2. The molecular formula is C10H17N3O2. The second kappa shape index (κ2) is 4.61. The van der Waals surface area contributed by atoms with E-state index in [-0.39, 0.29) is 11.8 Å². The first kappa shape index (κ1) is 10.4. The van der Waals surface area contributed by atoms with Crippen LogP contribution in [0.4, 0.5) is 0 Å². The maximum Gasteiger partial charge on any atom is 0.227 e. The predicted octanol–water partition coefficient (Wildman–Crippen LogP) is -1.10. The molecule has 2 rings (SSSR count). The lowest BCUT2D eigenvalue weighted by Gasteiger charge is -2.29. The Hall–Kier alpha value is -1.10. The Morgan fingerprint density at radius 2 is 2.00 bits per heavy atom. The normalized spacial score (nSPS) is 26.8. The summed E-state index contributed by atoms with van der Waals surface area (Å²) in [5.41, 5.74) is 0. The van der Waals surface area contributed by atoms with Crippen molar-refractivity contribution >= 4 is 12.3 Å². The number of likely N-dealkylation sites (tertiary alicyclic amines) is 1. The Labute approximate surface area is 89.4 Å². The van der Waals surface area contributed by atoms with Gasteiger partial charge in [-0.1, -0.05) is 0 Å². The van der Waals surface area contributed by atoms with Crippen molar-refractivity contribution in [1.82, 2.24) is 15.1 Å². The Bertz CT molecular complexity index is 251. The van der Waals surface area contributed by atoms with E-state index in [0.717, 1.165) is 45.6 Å². The van der Waals surface area contributed by atoms with E-state index in [1.54, 1.807) is 4.90 Å². The first-order valence-corrected chi connectivity index (χ1v) is 5.50. The molecule has 0 aliphatic carbocycles. The van der Waals surface area contributed by atoms with Gasteiger partial charge in [0.2, 0.25) is 12.3 Å². The fourth-order valence-corrected chi connectivity index (χ4v) is 2.23. The monoisotopic (exact) mass is 211 g/mol. The van der Waals surface area contributed by atoms with E-state index in [1.807, 2.05) is 4.90 Å². The van der Waals surface area contributed by atoms with Crippen molar-refractivity contribution in [2.75, 3.05) is 39.3 Å². The molecular weight excluding hydrogens is 194 g/mol. The Morgan fingerprint density at radius 1 is 1.27 bits per heavy atom. The molecule has 2 amide bonds. The molecule has 15 heavy (non-hydrogen) atoms. The van der Waals surface area contributed by atoms with Crippen LogP contribution in [-0.4, -0.2) is 61.4 Å². The zero-order valence-corrected chi connectivity index (χ0v) is 8.82. The van der Waals surface area contributed by atoms with Crippen molar-refractivity contribution in [3.63, 3.8) is 0 Å². The SMILES string of the molecule is O=CN1CCC(C(=O)N2CCNCC2)C1. The standard InChI is InChI=1S/C10H17N3O2/c14-8-12-4-1-9(7-12)10(15)13-5-2-11-3-6-13/h8-9,11H,1-7H2. The second-order valence-corrected chi connectivity index (χ2v) is 4.16. The summed E-state index contributed by atoms with van der Waals surface area (Å²) >= 11 is 0. The largest absolute Gasteiger partial charge is 0.344 e. The van der Waals surface area contributed by atoms with Gasteiger partial charge in [0.05, 0.1) is 5.92 Å². The van der Waals surface area contributed by atoms with E-state index < -0.39 is 0 Å². The smallest absolute Gasteiger partial charge is 0.227 e. The zero-order valence-electron chi connectivity index (χ0n) is 8.82. The van der Waals surface area contributed by atoms with Crippen LogP contribution in [0.25, 0.3) is 0 Å². The van der Waals surface area contributed by atoms with Gasteiger partial charge in [-0.25, -0.2) is 0 Å². The third-order valence-corrected chi connectivity index (χ3v) is 3.15. The number of rotatable bonds is 2. The van der Waals surface area contributed by atoms with Crippen molar-refractivity contribution in [2.45, 2.75) is 6.42 Å². The van der Waals surface area contributed by atoms with Crippen LogP contribution < -0.4 is 5.32 Å². The van der Waals surface area contributed by atoms with Crippen LogP contribution >= 0.6 is 0 Å². The average Bonchev–Trinajstić information content (AvgIpc) is 2.78. The summed E-state index contributed by atoms with van der Waals surface area (Å²) in [7, 11) is 0. The number of hydrogen-bond donors (Lipinski definition) is 1. The molecule has 2 saturated heterocycles. The van der Waals surface area contributed by atoms with Gasteiger partial charge in [-0.15, -0.1) is 0 Å². The van der Waals surface area contributed by atoms with Crippen LogP contribution in [0.1, 0.15) is 6.42 Å². The average molecular weight is 211 g/mol. The molecule has 84 valence electrons. The topological polar surface area (TPSA) is 52.7 Å². The van der Waals surface area contributed by atoms with Gasteiger partial charge in [0.15, 0.2) is 0 Å². The van der Waals surface area contributed by atoms with Crippen LogP contribution in [0.5, 0.6) is 0 Å². The second-order valence-electron chi connectivity index (χ2n) is 4.16. The number of piperazine rings is 1. The molecule has 1 N–H and O–H groups in total. The van der Waals surface area contributed by atoms with Crippen LogP contribution in [0.15, 0.2) is 0 Å². The zero-order chi connectivity index (χ0) is 10.7. The molecule has 0 bridgehead atoms. The predicted molar refractivity (Wildman–Crippen MR) is 55.2 cm³/mol. The molecule has 2 aliphatic heterocycles. The Morgan fingerprint density at radius 3 is 2.60 bits per heavy atom. The minimum absolute atomic E-state index is 0.0355. The summed E-state index contributed by atoms with van der Waals surface area (Å²) in [6, 6.07) is 0. The summed E-state index contributed by atoms with van der Waals surface area (Å²) < 4.78 is 0. The van der Waals surface area contributed by atoms with Crippen LogP contribution in [0, 0.1) is 5.92 Å². The lowest BCUT2D eigenvalue weighted by molar-refractivity contribution is -0.135. The fraction of sp³-hybridized carbons (Fsp3) is 0.800. The van der Waals surface area contributed by atoms with E-state index in [4.69, 9.17) is 0 Å². The van der Waals surface area contributed by atoms with Gasteiger partial charge in [-0.2, -0.15) is 0 Å². The number of carbonyl (C=O) groups is 2. The van der Waals surface area contributed by atoms with E-state index in [0.29, 0.717) is 6.54 Å². The van der Waals surface area contributed by atoms with Crippen molar-refractivity contribution in [2.24, 2.45) is 5.92 Å². The van der Waals surface area contributed by atoms with Crippen LogP contribution in [-0.2, 0) is 9.59 Å². The van der Waals surface area contributed by atoms with Gasteiger partial charge in [-0.3, -0.25) is 9.59 Å². The molecule has 1 atom stereocenters. The van der Waals surface area contributed by atoms with Crippen LogP contribution in [0.2, 0.25) is 0 Å². The van der Waals surface area contributed by atoms with Gasteiger partial charge in [-0.05, 0) is 6.42 Å². The molecule has 5 nitrogen and oxygen atoms in total. The maximum atomic E-state index is 12.0. The summed E-state index contributed by atoms with van der Waals surface area (Å²) in [5.74, 6) is 0.258. The maximum absolute atomic E-state index is 12.0. The Kier molecular flexibility index (Phi) is 3.20.